The molecule has 2 aromatic heterocycles. The Morgan fingerprint density at radius 1 is 1.32 bits per heavy atom. The predicted molar refractivity (Wildman–Crippen MR) is 74.5 cm³/mol. The number of fused-ring (bicyclic) bond motifs is 3. The van der Waals surface area contributed by atoms with Gasteiger partial charge in [0.25, 0.3) is 0 Å². The van der Waals surface area contributed by atoms with Crippen molar-refractivity contribution in [2.45, 2.75) is 6.04 Å². The number of rotatable bonds is 1. The van der Waals surface area contributed by atoms with Gasteiger partial charge in [0.1, 0.15) is 17.4 Å². The summed E-state index contributed by atoms with van der Waals surface area (Å²) in [4.78, 5) is 10.7. The van der Waals surface area contributed by atoms with Gasteiger partial charge < -0.3 is 15.1 Å². The van der Waals surface area contributed by atoms with E-state index in [-0.39, 0.29) is 6.04 Å². The number of nitrogens with zero attached hydrogens (tertiary/aromatic N) is 3. The maximum absolute atomic E-state index is 6.23. The van der Waals surface area contributed by atoms with Gasteiger partial charge in [-0.15, -0.1) is 0 Å². The lowest BCUT2D eigenvalue weighted by atomic mass is 10.1. The fourth-order valence-electron chi connectivity index (χ4n) is 2.48. The molecule has 0 amide bonds. The zero-order valence-corrected chi connectivity index (χ0v) is 10.8. The quantitative estimate of drug-likeness (QED) is 0.737. The minimum atomic E-state index is 0.206. The molecule has 0 aliphatic carbocycles. The molecule has 1 aliphatic heterocycles. The van der Waals surface area contributed by atoms with Crippen molar-refractivity contribution in [3.63, 3.8) is 0 Å². The molecule has 3 aromatic rings. The maximum Gasteiger partial charge on any atom is 0.196 e. The Bertz CT molecular complexity index is 779. The van der Waals surface area contributed by atoms with E-state index in [9.17, 15) is 0 Å². The molecule has 0 unspecified atom stereocenters. The Balaban J connectivity index is 2.01. The molecule has 1 fully saturated rings. The maximum atomic E-state index is 6.23. The molecule has 0 spiro atoms. The summed E-state index contributed by atoms with van der Waals surface area (Å²) in [6.45, 7) is 1.58. The van der Waals surface area contributed by atoms with Crippen molar-refractivity contribution in [3.8, 4) is 0 Å². The number of furan rings is 1. The fourth-order valence-corrected chi connectivity index (χ4v) is 2.73. The summed E-state index contributed by atoms with van der Waals surface area (Å²) >= 11 is 6.23. The summed E-state index contributed by atoms with van der Waals surface area (Å²) in [6, 6.07) is 5.78. The Labute approximate surface area is 114 Å². The molecule has 5 nitrogen and oxygen atoms in total. The van der Waals surface area contributed by atoms with Crippen LogP contribution in [0.2, 0.25) is 5.02 Å². The van der Waals surface area contributed by atoms with Crippen LogP contribution in [0.1, 0.15) is 0 Å². The Hall–Kier alpha value is -1.85. The van der Waals surface area contributed by atoms with Crippen molar-refractivity contribution < 1.29 is 4.42 Å². The van der Waals surface area contributed by atoms with Gasteiger partial charge >= 0.3 is 0 Å². The topological polar surface area (TPSA) is 68.2 Å². The van der Waals surface area contributed by atoms with Gasteiger partial charge in [-0.2, -0.15) is 0 Å². The van der Waals surface area contributed by atoms with E-state index in [1.807, 2.05) is 18.2 Å². The lowest BCUT2D eigenvalue weighted by Gasteiger charge is -2.37. The van der Waals surface area contributed by atoms with Crippen LogP contribution in [0, 0.1) is 0 Å². The number of anilines is 1. The lowest BCUT2D eigenvalue weighted by Crippen LogP contribution is -2.56. The summed E-state index contributed by atoms with van der Waals surface area (Å²) in [5, 5.41) is 1.48. The highest BCUT2D eigenvalue weighted by Gasteiger charge is 2.28. The van der Waals surface area contributed by atoms with Crippen molar-refractivity contribution in [3.05, 3.63) is 29.5 Å². The fraction of sp³-hybridized carbons (Fsp3) is 0.231. The molecule has 0 atom stereocenters. The molecule has 19 heavy (non-hydrogen) atoms. The van der Waals surface area contributed by atoms with Gasteiger partial charge in [0.2, 0.25) is 0 Å². The minimum absolute atomic E-state index is 0.206. The molecule has 96 valence electrons. The first kappa shape index (κ1) is 11.0. The summed E-state index contributed by atoms with van der Waals surface area (Å²) in [5.41, 5.74) is 7.98. The molecule has 6 heteroatoms. The third kappa shape index (κ3) is 1.52. The van der Waals surface area contributed by atoms with Gasteiger partial charge in [-0.05, 0) is 12.1 Å². The van der Waals surface area contributed by atoms with Gasteiger partial charge in [-0.25, -0.2) is 9.97 Å². The second-order valence-electron chi connectivity index (χ2n) is 4.76. The monoisotopic (exact) mass is 274 g/mol. The number of hydrogen-bond acceptors (Lipinski definition) is 5. The largest absolute Gasteiger partial charge is 0.450 e. The van der Waals surface area contributed by atoms with Crippen LogP contribution >= 0.6 is 11.6 Å². The van der Waals surface area contributed by atoms with Gasteiger partial charge in [0, 0.05) is 19.1 Å². The number of benzene rings is 1. The zero-order valence-electron chi connectivity index (χ0n) is 10.0. The Morgan fingerprint density at radius 2 is 2.16 bits per heavy atom. The van der Waals surface area contributed by atoms with Gasteiger partial charge in [0.05, 0.1) is 10.4 Å². The molecular formula is C13H11ClN4O. The SMILES string of the molecule is NC1CN(c2ncnc3c2oc2cccc(Cl)c23)C1. The molecule has 2 N–H and O–H groups in total. The van der Waals surface area contributed by atoms with Crippen LogP contribution in [0.4, 0.5) is 5.82 Å². The first-order chi connectivity index (χ1) is 9.24. The average Bonchev–Trinajstić information content (AvgIpc) is 2.75. The van der Waals surface area contributed by atoms with E-state index in [0.29, 0.717) is 10.6 Å². The highest BCUT2D eigenvalue weighted by molar-refractivity contribution is 6.37. The first-order valence-electron chi connectivity index (χ1n) is 6.06. The van der Waals surface area contributed by atoms with Crippen molar-refractivity contribution in [2.24, 2.45) is 5.73 Å². The molecular weight excluding hydrogens is 264 g/mol. The number of nitrogens with two attached hydrogens (primary N) is 1. The predicted octanol–water partition coefficient (Wildman–Crippen LogP) is 2.18. The molecule has 0 radical (unpaired) electrons. The van der Waals surface area contributed by atoms with Crippen LogP contribution in [0.5, 0.6) is 0 Å². The van der Waals surface area contributed by atoms with Crippen molar-refractivity contribution >= 4 is 39.5 Å². The first-order valence-corrected chi connectivity index (χ1v) is 6.44. The molecule has 3 heterocycles. The van der Waals surface area contributed by atoms with E-state index >= 15 is 0 Å². The van der Waals surface area contributed by atoms with E-state index in [1.54, 1.807) is 6.33 Å². The number of halogens is 1. The molecule has 1 saturated heterocycles. The van der Waals surface area contributed by atoms with Gasteiger partial charge in [-0.3, -0.25) is 0 Å². The Morgan fingerprint density at radius 3 is 2.95 bits per heavy atom. The third-order valence-electron chi connectivity index (χ3n) is 3.42. The second kappa shape index (κ2) is 3.82. The number of aromatic nitrogens is 2. The molecule has 1 aromatic carbocycles. The van der Waals surface area contributed by atoms with Crippen molar-refractivity contribution in [1.29, 1.82) is 0 Å². The van der Waals surface area contributed by atoms with Crippen LogP contribution in [0.25, 0.3) is 22.1 Å². The summed E-state index contributed by atoms with van der Waals surface area (Å²) in [6.07, 6.45) is 1.54. The molecule has 1 aliphatic rings. The van der Waals surface area contributed by atoms with E-state index in [0.717, 1.165) is 35.4 Å². The average molecular weight is 275 g/mol. The third-order valence-corrected chi connectivity index (χ3v) is 3.73. The van der Waals surface area contributed by atoms with Crippen LogP contribution in [-0.2, 0) is 0 Å². The highest BCUT2D eigenvalue weighted by Crippen LogP contribution is 2.36. The standard InChI is InChI=1S/C13H11ClN4O/c14-8-2-1-3-9-10(8)11-12(19-9)13(17-6-16-11)18-4-7(15)5-18/h1-3,6-7H,4-5,15H2. The van der Waals surface area contributed by atoms with E-state index < -0.39 is 0 Å². The van der Waals surface area contributed by atoms with Crippen LogP contribution < -0.4 is 10.6 Å². The molecule has 0 saturated carbocycles. The van der Waals surface area contributed by atoms with Crippen LogP contribution in [0.3, 0.4) is 0 Å². The second-order valence-corrected chi connectivity index (χ2v) is 5.16. The Kier molecular flexibility index (Phi) is 2.22. The summed E-state index contributed by atoms with van der Waals surface area (Å²) in [5.74, 6) is 0.791. The minimum Gasteiger partial charge on any atom is -0.450 e. The van der Waals surface area contributed by atoms with Crippen LogP contribution in [-0.4, -0.2) is 29.1 Å². The van der Waals surface area contributed by atoms with Gasteiger partial charge in [-0.1, -0.05) is 17.7 Å². The van der Waals surface area contributed by atoms with Gasteiger partial charge in [0.15, 0.2) is 11.4 Å². The van der Waals surface area contributed by atoms with E-state index in [4.69, 9.17) is 21.8 Å². The smallest absolute Gasteiger partial charge is 0.196 e. The summed E-state index contributed by atoms with van der Waals surface area (Å²) in [7, 11) is 0. The zero-order chi connectivity index (χ0) is 13.0. The number of hydrogen-bond donors (Lipinski definition) is 1. The molecule has 4 rings (SSSR count). The van der Waals surface area contributed by atoms with Crippen LogP contribution in [0.15, 0.2) is 28.9 Å². The lowest BCUT2D eigenvalue weighted by molar-refractivity contribution is 0.512. The summed E-state index contributed by atoms with van der Waals surface area (Å²) < 4.78 is 5.86. The van der Waals surface area contributed by atoms with Crippen molar-refractivity contribution in [1.82, 2.24) is 9.97 Å². The normalized spacial score (nSPS) is 16.2. The van der Waals surface area contributed by atoms with Crippen molar-refractivity contribution in [2.75, 3.05) is 18.0 Å². The van der Waals surface area contributed by atoms with E-state index in [2.05, 4.69) is 14.9 Å². The molecule has 0 bridgehead atoms. The van der Waals surface area contributed by atoms with E-state index in [1.165, 1.54) is 0 Å². The highest BCUT2D eigenvalue weighted by atomic mass is 35.5.